The molecular weight excluding hydrogens is 279 g/mol. The first-order valence-electron chi connectivity index (χ1n) is 7.30. The fourth-order valence-corrected chi connectivity index (χ4v) is 2.82. The van der Waals surface area contributed by atoms with Crippen molar-refractivity contribution in [2.24, 2.45) is 0 Å². The number of carbonyl (C=O) groups is 1. The highest BCUT2D eigenvalue weighted by atomic mass is 19.1. The van der Waals surface area contributed by atoms with E-state index in [2.05, 4.69) is 9.97 Å². The van der Waals surface area contributed by atoms with Crippen LogP contribution < -0.4 is 0 Å². The number of aromatic amines is 1. The van der Waals surface area contributed by atoms with E-state index in [0.717, 1.165) is 22.2 Å². The molecule has 3 rings (SSSR count). The van der Waals surface area contributed by atoms with Crippen LogP contribution in [0.25, 0.3) is 22.0 Å². The first-order chi connectivity index (χ1) is 10.5. The van der Waals surface area contributed by atoms with Crippen molar-refractivity contribution in [1.29, 1.82) is 0 Å². The maximum absolute atomic E-state index is 14.0. The summed E-state index contributed by atoms with van der Waals surface area (Å²) >= 11 is 0. The van der Waals surface area contributed by atoms with Crippen LogP contribution in [0.1, 0.15) is 35.6 Å². The van der Waals surface area contributed by atoms with Gasteiger partial charge in [-0.3, -0.25) is 9.78 Å². The maximum atomic E-state index is 14.0. The first-order valence-corrected chi connectivity index (χ1v) is 7.30. The van der Waals surface area contributed by atoms with E-state index in [1.165, 1.54) is 13.0 Å². The second-order valence-corrected chi connectivity index (χ2v) is 5.41. The summed E-state index contributed by atoms with van der Waals surface area (Å²) in [5, 5.41) is 0.861. The van der Waals surface area contributed by atoms with Crippen LogP contribution in [0.15, 0.2) is 30.5 Å². The number of hydrogen-bond acceptors (Lipinski definition) is 2. The maximum Gasteiger partial charge on any atom is 0.176 e. The molecule has 0 amide bonds. The van der Waals surface area contributed by atoms with Gasteiger partial charge < -0.3 is 4.98 Å². The lowest BCUT2D eigenvalue weighted by atomic mass is 9.98. The van der Waals surface area contributed by atoms with Gasteiger partial charge in [-0.15, -0.1) is 0 Å². The molecule has 0 aliphatic heterocycles. The van der Waals surface area contributed by atoms with Gasteiger partial charge in [0, 0.05) is 40.8 Å². The quantitative estimate of drug-likeness (QED) is 0.726. The van der Waals surface area contributed by atoms with E-state index in [9.17, 15) is 9.18 Å². The Hall–Kier alpha value is -2.49. The number of H-pyrrole nitrogens is 1. The van der Waals surface area contributed by atoms with Crippen molar-refractivity contribution in [3.63, 3.8) is 0 Å². The lowest BCUT2D eigenvalue weighted by molar-refractivity contribution is 0.101. The van der Waals surface area contributed by atoms with Gasteiger partial charge in [0.2, 0.25) is 0 Å². The zero-order chi connectivity index (χ0) is 15.9. The summed E-state index contributed by atoms with van der Waals surface area (Å²) in [5.74, 6) is -0.325. The number of hydrogen-bond donors (Lipinski definition) is 1. The smallest absolute Gasteiger partial charge is 0.176 e. The highest BCUT2D eigenvalue weighted by Crippen LogP contribution is 2.35. The van der Waals surface area contributed by atoms with Crippen molar-refractivity contribution >= 4 is 16.7 Å². The van der Waals surface area contributed by atoms with Crippen molar-refractivity contribution in [3.05, 3.63) is 53.2 Å². The van der Waals surface area contributed by atoms with Crippen LogP contribution in [0.3, 0.4) is 0 Å². The number of nitrogens with zero attached hydrogens (tertiary/aromatic N) is 1. The Labute approximate surface area is 128 Å². The molecule has 4 heteroatoms. The molecule has 0 saturated carbocycles. The molecule has 1 aromatic carbocycles. The third kappa shape index (κ3) is 2.21. The van der Waals surface area contributed by atoms with Gasteiger partial charge in [0.15, 0.2) is 5.78 Å². The zero-order valence-corrected chi connectivity index (χ0v) is 12.8. The van der Waals surface area contributed by atoms with Crippen molar-refractivity contribution in [2.75, 3.05) is 0 Å². The van der Waals surface area contributed by atoms with E-state index in [1.54, 1.807) is 6.20 Å². The molecule has 0 bridgehead atoms. The van der Waals surface area contributed by atoms with E-state index in [-0.39, 0.29) is 11.6 Å². The second kappa shape index (κ2) is 5.37. The van der Waals surface area contributed by atoms with Crippen LogP contribution in [-0.4, -0.2) is 15.8 Å². The van der Waals surface area contributed by atoms with Gasteiger partial charge in [-0.1, -0.05) is 13.0 Å². The van der Waals surface area contributed by atoms with Crippen molar-refractivity contribution in [1.82, 2.24) is 9.97 Å². The van der Waals surface area contributed by atoms with E-state index in [1.807, 2.05) is 32.0 Å². The summed E-state index contributed by atoms with van der Waals surface area (Å²) in [6.07, 6.45) is 2.33. The normalized spacial score (nSPS) is 11.1. The second-order valence-electron chi connectivity index (χ2n) is 5.41. The molecule has 0 unspecified atom stereocenters. The minimum Gasteiger partial charge on any atom is -0.352 e. The van der Waals surface area contributed by atoms with Crippen LogP contribution in [0.5, 0.6) is 0 Å². The number of nitrogens with one attached hydrogen (secondary N) is 1. The van der Waals surface area contributed by atoms with Gasteiger partial charge in [0.25, 0.3) is 0 Å². The average molecular weight is 296 g/mol. The van der Waals surface area contributed by atoms with Gasteiger partial charge >= 0.3 is 0 Å². The Morgan fingerprint density at radius 3 is 2.77 bits per heavy atom. The summed E-state index contributed by atoms with van der Waals surface area (Å²) < 4.78 is 14.0. The SMILES string of the molecule is CCc1cc2c(-c3cccnc3C)c(C(C)=O)[nH]c2cc1F. The van der Waals surface area contributed by atoms with E-state index >= 15 is 0 Å². The molecule has 2 aromatic heterocycles. The summed E-state index contributed by atoms with van der Waals surface area (Å²) in [6.45, 7) is 5.33. The van der Waals surface area contributed by atoms with Crippen LogP contribution in [-0.2, 0) is 6.42 Å². The highest BCUT2D eigenvalue weighted by molar-refractivity contribution is 6.10. The third-order valence-corrected chi connectivity index (χ3v) is 3.97. The molecular formula is C18H17FN2O. The first kappa shape index (κ1) is 14.4. The summed E-state index contributed by atoms with van der Waals surface area (Å²) in [7, 11) is 0. The van der Waals surface area contributed by atoms with Crippen LogP contribution in [0.4, 0.5) is 4.39 Å². The molecule has 3 aromatic rings. The lowest BCUT2D eigenvalue weighted by Gasteiger charge is -2.07. The average Bonchev–Trinajstić information content (AvgIpc) is 2.85. The number of aromatic nitrogens is 2. The van der Waals surface area contributed by atoms with Crippen molar-refractivity contribution < 1.29 is 9.18 Å². The van der Waals surface area contributed by atoms with Crippen molar-refractivity contribution in [2.45, 2.75) is 27.2 Å². The predicted octanol–water partition coefficient (Wildman–Crippen LogP) is 4.44. The van der Waals surface area contributed by atoms with Gasteiger partial charge in [0.05, 0.1) is 5.69 Å². The third-order valence-electron chi connectivity index (χ3n) is 3.97. The van der Waals surface area contributed by atoms with Crippen LogP contribution in [0.2, 0.25) is 0 Å². The van der Waals surface area contributed by atoms with Gasteiger partial charge in [-0.2, -0.15) is 0 Å². The highest BCUT2D eigenvalue weighted by Gasteiger charge is 2.19. The monoisotopic (exact) mass is 296 g/mol. The minimum absolute atomic E-state index is 0.0760. The molecule has 22 heavy (non-hydrogen) atoms. The van der Waals surface area contributed by atoms with E-state index < -0.39 is 0 Å². The Kier molecular flexibility index (Phi) is 3.53. The predicted molar refractivity (Wildman–Crippen MR) is 85.6 cm³/mol. The molecule has 0 fully saturated rings. The van der Waals surface area contributed by atoms with Crippen LogP contribution in [0, 0.1) is 12.7 Å². The molecule has 0 atom stereocenters. The number of aryl methyl sites for hydroxylation is 2. The minimum atomic E-state index is -0.249. The molecule has 2 heterocycles. The molecule has 0 radical (unpaired) electrons. The largest absolute Gasteiger partial charge is 0.352 e. The Bertz CT molecular complexity index is 880. The Morgan fingerprint density at radius 2 is 2.14 bits per heavy atom. The molecule has 3 nitrogen and oxygen atoms in total. The number of rotatable bonds is 3. The molecule has 0 saturated heterocycles. The number of Topliss-reactive ketones (excluding diaryl/α,β-unsaturated/α-hetero) is 1. The number of carbonyl (C=O) groups excluding carboxylic acids is 1. The lowest BCUT2D eigenvalue weighted by Crippen LogP contribution is -1.96. The number of ketones is 1. The fraction of sp³-hybridized carbons (Fsp3) is 0.222. The zero-order valence-electron chi connectivity index (χ0n) is 12.8. The van der Waals surface area contributed by atoms with Gasteiger partial charge in [0.1, 0.15) is 5.82 Å². The summed E-state index contributed by atoms with van der Waals surface area (Å²) in [5.41, 5.74) is 4.32. The van der Waals surface area contributed by atoms with Crippen LogP contribution >= 0.6 is 0 Å². The molecule has 0 aliphatic rings. The summed E-state index contributed by atoms with van der Waals surface area (Å²) in [4.78, 5) is 19.4. The molecule has 1 N–H and O–H groups in total. The van der Waals surface area contributed by atoms with Gasteiger partial charge in [-0.05, 0) is 37.1 Å². The van der Waals surface area contributed by atoms with Gasteiger partial charge in [-0.25, -0.2) is 4.39 Å². The number of halogens is 1. The van der Waals surface area contributed by atoms with E-state index in [4.69, 9.17) is 0 Å². The number of benzene rings is 1. The molecule has 112 valence electrons. The Balaban J connectivity index is 2.42. The molecule has 0 spiro atoms. The fourth-order valence-electron chi connectivity index (χ4n) is 2.82. The molecule has 0 aliphatic carbocycles. The topological polar surface area (TPSA) is 45.8 Å². The van der Waals surface area contributed by atoms with Crippen molar-refractivity contribution in [3.8, 4) is 11.1 Å². The summed E-state index contributed by atoms with van der Waals surface area (Å²) in [6, 6.07) is 7.08. The number of fused-ring (bicyclic) bond motifs is 1. The Morgan fingerprint density at radius 1 is 1.36 bits per heavy atom. The number of pyridine rings is 1. The standard InChI is InChI=1S/C18H17FN2O/c1-4-12-8-14-16(9-15(12)19)21-18(11(3)22)17(14)13-6-5-7-20-10(13)2/h5-9,21H,4H2,1-3H3. The van der Waals surface area contributed by atoms with E-state index in [0.29, 0.717) is 23.2 Å².